The molecular weight excluding hydrogens is 418 g/mol. The highest BCUT2D eigenvalue weighted by molar-refractivity contribution is 5.97. The first kappa shape index (κ1) is 27.2. The van der Waals surface area contributed by atoms with E-state index in [-0.39, 0.29) is 12.8 Å². The first-order chi connectivity index (χ1) is 14.2. The van der Waals surface area contributed by atoms with Gasteiger partial charge in [0.25, 0.3) is 0 Å². The Bertz CT molecular complexity index is 741. The fourth-order valence-corrected chi connectivity index (χ4v) is 2.18. The molecule has 0 unspecified atom stereocenters. The molecule has 0 radical (unpaired) electrons. The van der Waals surface area contributed by atoms with Crippen LogP contribution in [-0.2, 0) is 33.6 Å². The van der Waals surface area contributed by atoms with Gasteiger partial charge >= 0.3 is 5.97 Å². The van der Waals surface area contributed by atoms with E-state index in [1.807, 2.05) is 0 Å². The van der Waals surface area contributed by atoms with Crippen LogP contribution < -0.4 is 38.9 Å². The second-order valence-corrected chi connectivity index (χ2v) is 6.64. The highest BCUT2D eigenvalue weighted by Gasteiger charge is 2.31. The summed E-state index contributed by atoms with van der Waals surface area (Å²) >= 11 is 0. The third kappa shape index (κ3) is 11.1. The molecule has 0 aromatic rings. The van der Waals surface area contributed by atoms with Crippen molar-refractivity contribution >= 4 is 41.4 Å². The summed E-state index contributed by atoms with van der Waals surface area (Å²) in [6, 6.07) is -5.76. The number of amides is 6. The molecule has 0 aliphatic rings. The van der Waals surface area contributed by atoms with Crippen LogP contribution in [0.1, 0.15) is 32.6 Å². The monoisotopic (exact) mass is 445 g/mol. The van der Waals surface area contributed by atoms with Crippen LogP contribution in [0, 0.1) is 0 Å². The first-order valence-electron chi connectivity index (χ1n) is 8.99. The molecule has 0 aliphatic heterocycles. The zero-order chi connectivity index (χ0) is 24.3. The van der Waals surface area contributed by atoms with Gasteiger partial charge in [0.05, 0.1) is 18.9 Å². The minimum absolute atomic E-state index is 0.133. The number of carboxylic acids is 1. The third-order valence-corrected chi connectivity index (χ3v) is 3.84. The van der Waals surface area contributed by atoms with Gasteiger partial charge < -0.3 is 44.0 Å². The van der Waals surface area contributed by atoms with Gasteiger partial charge in [-0.25, -0.2) is 0 Å². The van der Waals surface area contributed by atoms with Crippen LogP contribution in [0.15, 0.2) is 0 Å². The molecule has 0 rings (SSSR count). The van der Waals surface area contributed by atoms with E-state index in [0.29, 0.717) is 0 Å². The normalized spacial score (nSPS) is 14.3. The van der Waals surface area contributed by atoms with Gasteiger partial charge in [0.1, 0.15) is 18.1 Å². The maximum absolute atomic E-state index is 12.5. The van der Waals surface area contributed by atoms with Crippen molar-refractivity contribution in [3.63, 3.8) is 0 Å². The minimum atomic E-state index is -1.59. The Morgan fingerprint density at radius 3 is 1.55 bits per heavy atom. The third-order valence-electron chi connectivity index (χ3n) is 3.84. The number of primary amides is 3. The molecule has 0 bridgehead atoms. The number of hydrogen-bond acceptors (Lipinski definition) is 8. The van der Waals surface area contributed by atoms with Gasteiger partial charge in [-0.15, -0.1) is 0 Å². The average molecular weight is 445 g/mol. The molecule has 12 N–H and O–H groups in total. The molecule has 0 fully saturated rings. The molecule has 0 aromatic heterocycles. The molecule has 4 atom stereocenters. The molecule has 0 aliphatic carbocycles. The summed E-state index contributed by atoms with van der Waals surface area (Å²) in [6.07, 6.45) is -1.72. The molecule has 15 heteroatoms. The summed E-state index contributed by atoms with van der Waals surface area (Å²) in [7, 11) is 0. The van der Waals surface area contributed by atoms with Gasteiger partial charge in [0.15, 0.2) is 0 Å². The van der Waals surface area contributed by atoms with Crippen molar-refractivity contribution in [2.45, 2.75) is 56.8 Å². The zero-order valence-electron chi connectivity index (χ0n) is 16.8. The van der Waals surface area contributed by atoms with Crippen molar-refractivity contribution in [3.8, 4) is 0 Å². The number of rotatable bonds is 14. The number of carboxylic acid groups (broad SMARTS) is 1. The van der Waals surface area contributed by atoms with Gasteiger partial charge in [-0.05, 0) is 13.3 Å². The second kappa shape index (κ2) is 12.7. The zero-order valence-corrected chi connectivity index (χ0v) is 16.8. The van der Waals surface area contributed by atoms with E-state index in [2.05, 4.69) is 16.0 Å². The van der Waals surface area contributed by atoms with E-state index in [9.17, 15) is 33.6 Å². The van der Waals surface area contributed by atoms with Gasteiger partial charge in [-0.3, -0.25) is 33.6 Å². The van der Waals surface area contributed by atoms with E-state index >= 15 is 0 Å². The molecule has 0 spiro atoms. The van der Waals surface area contributed by atoms with Crippen molar-refractivity contribution in [3.05, 3.63) is 0 Å². The van der Waals surface area contributed by atoms with Crippen LogP contribution >= 0.6 is 0 Å². The largest absolute Gasteiger partial charge is 0.480 e. The number of hydrogen-bond donors (Lipinski definition) is 8. The predicted octanol–water partition coefficient (Wildman–Crippen LogP) is -5.11. The van der Waals surface area contributed by atoms with Crippen LogP contribution in [0.2, 0.25) is 0 Å². The van der Waals surface area contributed by atoms with E-state index in [0.717, 1.165) is 6.92 Å². The lowest BCUT2D eigenvalue weighted by molar-refractivity contribution is -0.142. The standard InChI is InChI=1S/C16H27N7O8/c1-6(16(30)31)21-14(28)8(4-11(19)25)23-15(29)9(5-12(20)26)22-13(27)7(17)2-3-10(18)24/h6-9H,2-5,17H2,1H3,(H2,18,24)(H2,19,25)(H2,20,26)(H,21,28)(H,22,27)(H,23,29)(H,30,31)/t6-,7-,8-,9-/m0/s1. The van der Waals surface area contributed by atoms with Crippen molar-refractivity contribution in [2.75, 3.05) is 0 Å². The molecule has 0 aromatic carbocycles. The average Bonchev–Trinajstić information content (AvgIpc) is 2.63. The number of carbonyl (C=O) groups excluding carboxylic acids is 6. The van der Waals surface area contributed by atoms with Gasteiger partial charge in [0, 0.05) is 6.42 Å². The number of carbonyl (C=O) groups is 7. The smallest absolute Gasteiger partial charge is 0.325 e. The van der Waals surface area contributed by atoms with Crippen LogP contribution in [0.25, 0.3) is 0 Å². The van der Waals surface area contributed by atoms with Crippen molar-refractivity contribution in [1.82, 2.24) is 16.0 Å². The Balaban J connectivity index is 5.36. The summed E-state index contributed by atoms with van der Waals surface area (Å²) < 4.78 is 0. The summed E-state index contributed by atoms with van der Waals surface area (Å²) in [5.41, 5.74) is 20.7. The van der Waals surface area contributed by atoms with Crippen LogP contribution in [0.3, 0.4) is 0 Å². The van der Waals surface area contributed by atoms with Crippen LogP contribution in [0.5, 0.6) is 0 Å². The molecule has 0 heterocycles. The SMILES string of the molecule is C[C@H](NC(=O)[C@H](CC(N)=O)NC(=O)[C@H](CC(N)=O)NC(=O)[C@@H](N)CCC(N)=O)C(=O)O. The molecule has 31 heavy (non-hydrogen) atoms. The van der Waals surface area contributed by atoms with Crippen molar-refractivity contribution < 1.29 is 38.7 Å². The second-order valence-electron chi connectivity index (χ2n) is 6.64. The topological polar surface area (TPSA) is 280 Å². The number of aliphatic carboxylic acids is 1. The molecule has 0 saturated carbocycles. The predicted molar refractivity (Wildman–Crippen MR) is 103 cm³/mol. The molecule has 174 valence electrons. The van der Waals surface area contributed by atoms with Crippen LogP contribution in [0.4, 0.5) is 0 Å². The minimum Gasteiger partial charge on any atom is -0.480 e. The summed E-state index contributed by atoms with van der Waals surface area (Å²) in [5, 5.41) is 15.2. The lowest BCUT2D eigenvalue weighted by Gasteiger charge is -2.23. The molecule has 0 saturated heterocycles. The fraction of sp³-hybridized carbons (Fsp3) is 0.562. The highest BCUT2D eigenvalue weighted by atomic mass is 16.4. The molecular formula is C16H27N7O8. The van der Waals surface area contributed by atoms with Crippen molar-refractivity contribution in [2.24, 2.45) is 22.9 Å². The summed E-state index contributed by atoms with van der Waals surface area (Å²) in [4.78, 5) is 81.0. The lowest BCUT2D eigenvalue weighted by Crippen LogP contribution is -2.58. The number of nitrogens with two attached hydrogens (primary N) is 4. The van der Waals surface area contributed by atoms with E-state index in [1.165, 1.54) is 0 Å². The Morgan fingerprint density at radius 2 is 1.16 bits per heavy atom. The van der Waals surface area contributed by atoms with E-state index in [1.54, 1.807) is 0 Å². The maximum atomic E-state index is 12.5. The fourth-order valence-electron chi connectivity index (χ4n) is 2.18. The summed E-state index contributed by atoms with van der Waals surface area (Å²) in [5.74, 6) is -7.08. The first-order valence-corrected chi connectivity index (χ1v) is 8.99. The number of nitrogens with one attached hydrogen (secondary N) is 3. The van der Waals surface area contributed by atoms with Crippen molar-refractivity contribution in [1.29, 1.82) is 0 Å². The molecule has 6 amide bonds. The van der Waals surface area contributed by atoms with Gasteiger partial charge in [-0.2, -0.15) is 0 Å². The quantitative estimate of drug-likeness (QED) is 0.127. The van der Waals surface area contributed by atoms with E-state index in [4.69, 9.17) is 28.0 Å². The lowest BCUT2D eigenvalue weighted by atomic mass is 10.1. The maximum Gasteiger partial charge on any atom is 0.325 e. The Labute approximate surface area is 176 Å². The Morgan fingerprint density at radius 1 is 0.742 bits per heavy atom. The highest BCUT2D eigenvalue weighted by Crippen LogP contribution is 2.01. The Hall–Kier alpha value is -3.75. The van der Waals surface area contributed by atoms with E-state index < -0.39 is 78.4 Å². The molecule has 15 nitrogen and oxygen atoms in total. The Kier molecular flexibility index (Phi) is 11.2. The van der Waals surface area contributed by atoms with Gasteiger partial charge in [-0.1, -0.05) is 0 Å². The summed E-state index contributed by atoms with van der Waals surface area (Å²) in [6.45, 7) is 1.15. The van der Waals surface area contributed by atoms with Gasteiger partial charge in [0.2, 0.25) is 35.4 Å². The van der Waals surface area contributed by atoms with Crippen LogP contribution in [-0.4, -0.2) is 70.7 Å².